The number of ether oxygens (including phenoxy) is 2. The Hall–Kier alpha value is -3.39. The first-order valence-electron chi connectivity index (χ1n) is 11.1. The highest BCUT2D eigenvalue weighted by molar-refractivity contribution is 5.86. The van der Waals surface area contributed by atoms with Gasteiger partial charge in [0.25, 0.3) is 0 Å². The van der Waals surface area contributed by atoms with E-state index in [1.807, 2.05) is 55.5 Å². The quantitative estimate of drug-likeness (QED) is 0.505. The average molecular weight is 455 g/mol. The molecule has 1 atom stereocenters. The molecule has 2 aromatic carbocycles. The number of carboxylic acids is 1. The van der Waals surface area contributed by atoms with E-state index >= 15 is 0 Å². The third kappa shape index (κ3) is 6.10. The van der Waals surface area contributed by atoms with Gasteiger partial charge in [-0.05, 0) is 35.6 Å². The SMILES string of the molecule is CCOCCN(C)C(=O)C(CCC(=O)O)NC(=O)OCC1c2ccccc2-c2ccccc21. The molecule has 0 heterocycles. The Morgan fingerprint density at radius 3 is 2.24 bits per heavy atom. The van der Waals surface area contributed by atoms with Gasteiger partial charge in [0.1, 0.15) is 12.6 Å². The molecule has 1 unspecified atom stereocenters. The molecule has 2 amide bonds. The molecule has 8 nitrogen and oxygen atoms in total. The van der Waals surface area contributed by atoms with Crippen molar-refractivity contribution in [2.75, 3.05) is 33.4 Å². The highest BCUT2D eigenvalue weighted by Crippen LogP contribution is 2.44. The van der Waals surface area contributed by atoms with Crippen molar-refractivity contribution in [2.45, 2.75) is 31.7 Å². The summed E-state index contributed by atoms with van der Waals surface area (Å²) in [5, 5.41) is 11.6. The zero-order chi connectivity index (χ0) is 23.8. The van der Waals surface area contributed by atoms with E-state index in [4.69, 9.17) is 14.6 Å². The zero-order valence-corrected chi connectivity index (χ0v) is 19.0. The van der Waals surface area contributed by atoms with Crippen LogP contribution in [0.25, 0.3) is 11.1 Å². The summed E-state index contributed by atoms with van der Waals surface area (Å²) in [4.78, 5) is 37.8. The molecule has 8 heteroatoms. The van der Waals surface area contributed by atoms with E-state index in [1.54, 1.807) is 7.05 Å². The normalized spacial score (nSPS) is 13.0. The number of likely N-dealkylation sites (N-methyl/N-ethyl adjacent to an activating group) is 1. The Kier molecular flexibility index (Phi) is 8.43. The summed E-state index contributed by atoms with van der Waals surface area (Å²) < 4.78 is 10.8. The number of hydrogen-bond acceptors (Lipinski definition) is 5. The number of hydrogen-bond donors (Lipinski definition) is 2. The number of alkyl carbamates (subject to hydrolysis) is 1. The van der Waals surface area contributed by atoms with E-state index < -0.39 is 18.1 Å². The standard InChI is InChI=1S/C25H30N2O6/c1-3-32-15-14-27(2)24(30)22(12-13-23(28)29)26-25(31)33-16-21-19-10-6-4-8-17(19)18-9-5-7-11-20(18)21/h4-11,21-22H,3,12-16H2,1-2H3,(H,26,31)(H,28,29). The maximum Gasteiger partial charge on any atom is 0.407 e. The van der Waals surface area contributed by atoms with Crippen molar-refractivity contribution in [3.8, 4) is 11.1 Å². The fourth-order valence-electron chi connectivity index (χ4n) is 4.03. The highest BCUT2D eigenvalue weighted by Gasteiger charge is 2.30. The maximum atomic E-state index is 12.8. The molecule has 33 heavy (non-hydrogen) atoms. The first kappa shape index (κ1) is 24.3. The largest absolute Gasteiger partial charge is 0.481 e. The number of carbonyl (C=O) groups is 3. The van der Waals surface area contributed by atoms with E-state index in [1.165, 1.54) is 4.90 Å². The van der Waals surface area contributed by atoms with Crippen LogP contribution in [-0.4, -0.2) is 67.4 Å². The molecule has 0 aromatic heterocycles. The Balaban J connectivity index is 1.64. The van der Waals surface area contributed by atoms with Crippen LogP contribution in [0.15, 0.2) is 48.5 Å². The summed E-state index contributed by atoms with van der Waals surface area (Å²) >= 11 is 0. The number of carboxylic acid groups (broad SMARTS) is 1. The molecular weight excluding hydrogens is 424 g/mol. The van der Waals surface area contributed by atoms with Crippen LogP contribution in [0.3, 0.4) is 0 Å². The molecule has 0 saturated heterocycles. The van der Waals surface area contributed by atoms with Gasteiger partial charge >= 0.3 is 12.1 Å². The Morgan fingerprint density at radius 1 is 1.06 bits per heavy atom. The number of nitrogens with zero attached hydrogens (tertiary/aromatic N) is 1. The van der Waals surface area contributed by atoms with E-state index in [2.05, 4.69) is 5.32 Å². The lowest BCUT2D eigenvalue weighted by molar-refractivity contribution is -0.138. The van der Waals surface area contributed by atoms with E-state index in [9.17, 15) is 14.4 Å². The molecule has 2 N–H and O–H groups in total. The molecule has 3 rings (SSSR count). The maximum absolute atomic E-state index is 12.8. The highest BCUT2D eigenvalue weighted by atomic mass is 16.5. The summed E-state index contributed by atoms with van der Waals surface area (Å²) in [5.74, 6) is -1.53. The average Bonchev–Trinajstić information content (AvgIpc) is 3.13. The predicted molar refractivity (Wildman–Crippen MR) is 123 cm³/mol. The molecule has 1 aliphatic carbocycles. The molecule has 0 aliphatic heterocycles. The summed E-state index contributed by atoms with van der Waals surface area (Å²) in [5.41, 5.74) is 4.40. The van der Waals surface area contributed by atoms with Gasteiger partial charge in [-0.1, -0.05) is 48.5 Å². The Bertz CT molecular complexity index is 947. The first-order chi connectivity index (χ1) is 15.9. The van der Waals surface area contributed by atoms with Crippen LogP contribution >= 0.6 is 0 Å². The van der Waals surface area contributed by atoms with Crippen LogP contribution < -0.4 is 5.32 Å². The van der Waals surface area contributed by atoms with Gasteiger partial charge in [0.15, 0.2) is 0 Å². The van der Waals surface area contributed by atoms with Gasteiger partial charge < -0.3 is 24.8 Å². The summed E-state index contributed by atoms with van der Waals surface area (Å²) in [6.45, 7) is 3.19. The second kappa shape index (κ2) is 11.5. The van der Waals surface area contributed by atoms with Crippen molar-refractivity contribution in [1.29, 1.82) is 0 Å². The fraction of sp³-hybridized carbons (Fsp3) is 0.400. The Morgan fingerprint density at radius 2 is 1.67 bits per heavy atom. The second-order valence-electron chi connectivity index (χ2n) is 7.91. The molecule has 0 saturated carbocycles. The van der Waals surface area contributed by atoms with Crippen LogP contribution in [0.2, 0.25) is 0 Å². The first-order valence-corrected chi connectivity index (χ1v) is 11.1. The van der Waals surface area contributed by atoms with Crippen LogP contribution in [-0.2, 0) is 19.1 Å². The van der Waals surface area contributed by atoms with Crippen LogP contribution in [0.4, 0.5) is 4.79 Å². The van der Waals surface area contributed by atoms with Gasteiger partial charge in [0.05, 0.1) is 6.61 Å². The van der Waals surface area contributed by atoms with Crippen molar-refractivity contribution in [3.63, 3.8) is 0 Å². The van der Waals surface area contributed by atoms with E-state index in [0.717, 1.165) is 22.3 Å². The number of nitrogens with one attached hydrogen (secondary N) is 1. The molecular formula is C25H30N2O6. The number of rotatable bonds is 11. The summed E-state index contributed by atoms with van der Waals surface area (Å²) in [6.07, 6.45) is -1.03. The fourth-order valence-corrected chi connectivity index (χ4v) is 4.03. The second-order valence-corrected chi connectivity index (χ2v) is 7.91. The van der Waals surface area contributed by atoms with Crippen molar-refractivity contribution in [1.82, 2.24) is 10.2 Å². The van der Waals surface area contributed by atoms with Crippen molar-refractivity contribution in [2.24, 2.45) is 0 Å². The van der Waals surface area contributed by atoms with Gasteiger partial charge in [0.2, 0.25) is 5.91 Å². The summed E-state index contributed by atoms with van der Waals surface area (Å²) in [6, 6.07) is 15.0. The minimum absolute atomic E-state index is 0.0304. The zero-order valence-electron chi connectivity index (χ0n) is 19.0. The number of carbonyl (C=O) groups excluding carboxylic acids is 2. The number of amides is 2. The smallest absolute Gasteiger partial charge is 0.407 e. The number of aliphatic carboxylic acids is 1. The van der Waals surface area contributed by atoms with E-state index in [-0.39, 0.29) is 31.3 Å². The minimum atomic E-state index is -1.04. The summed E-state index contributed by atoms with van der Waals surface area (Å²) in [7, 11) is 1.59. The molecule has 0 bridgehead atoms. The van der Waals surface area contributed by atoms with Gasteiger partial charge in [0, 0.05) is 32.5 Å². The predicted octanol–water partition coefficient (Wildman–Crippen LogP) is 3.25. The van der Waals surface area contributed by atoms with Crippen LogP contribution in [0.1, 0.15) is 36.8 Å². The van der Waals surface area contributed by atoms with Crippen molar-refractivity contribution in [3.05, 3.63) is 59.7 Å². The van der Waals surface area contributed by atoms with Crippen LogP contribution in [0, 0.1) is 0 Å². The third-order valence-electron chi connectivity index (χ3n) is 5.73. The molecule has 2 aromatic rings. The van der Waals surface area contributed by atoms with Gasteiger partial charge in [-0.25, -0.2) is 4.79 Å². The van der Waals surface area contributed by atoms with Crippen LogP contribution in [0.5, 0.6) is 0 Å². The lowest BCUT2D eigenvalue weighted by Gasteiger charge is -2.24. The molecule has 176 valence electrons. The van der Waals surface area contributed by atoms with E-state index in [0.29, 0.717) is 19.8 Å². The molecule has 0 radical (unpaired) electrons. The molecule has 0 spiro atoms. The lowest BCUT2D eigenvalue weighted by atomic mass is 9.98. The minimum Gasteiger partial charge on any atom is -0.481 e. The van der Waals surface area contributed by atoms with Crippen molar-refractivity contribution < 1.29 is 29.0 Å². The van der Waals surface area contributed by atoms with Gasteiger partial charge in [-0.3, -0.25) is 9.59 Å². The third-order valence-corrected chi connectivity index (χ3v) is 5.73. The molecule has 1 aliphatic rings. The lowest BCUT2D eigenvalue weighted by Crippen LogP contribution is -2.48. The van der Waals surface area contributed by atoms with Gasteiger partial charge in [-0.2, -0.15) is 0 Å². The monoisotopic (exact) mass is 454 g/mol. The topological polar surface area (TPSA) is 105 Å². The van der Waals surface area contributed by atoms with Crippen molar-refractivity contribution >= 4 is 18.0 Å². The van der Waals surface area contributed by atoms with Gasteiger partial charge in [-0.15, -0.1) is 0 Å². The molecule has 0 fully saturated rings. The Labute approximate surface area is 193 Å². The number of fused-ring (bicyclic) bond motifs is 3. The number of benzene rings is 2.